The van der Waals surface area contributed by atoms with Crippen molar-refractivity contribution in [3.63, 3.8) is 0 Å². The molecule has 0 aliphatic rings. The Hall–Kier alpha value is 1.52. The molecule has 0 heterocycles. The van der Waals surface area contributed by atoms with Gasteiger partial charge in [-0.15, -0.1) is 0 Å². The van der Waals surface area contributed by atoms with Gasteiger partial charge in [0.05, 0.1) is 0 Å². The Morgan fingerprint density at radius 3 is 1.70 bits per heavy atom. The third kappa shape index (κ3) is 2.87. The van der Waals surface area contributed by atoms with E-state index in [-0.39, 0.29) is 7.35 Å². The predicted octanol–water partition coefficient (Wildman–Crippen LogP) is -0.914. The van der Waals surface area contributed by atoms with E-state index < -0.39 is 6.14 Å². The van der Waals surface area contributed by atoms with Crippen LogP contribution in [-0.2, 0) is 0 Å². The summed E-state index contributed by atoms with van der Waals surface area (Å²) in [5.74, 6) is 0. The molecule has 0 spiro atoms. The smallest absolute Gasteiger partial charge is 0.0148 e. The fourth-order valence-electron chi connectivity index (χ4n) is 0.562. The molecule has 0 aliphatic carbocycles. The van der Waals surface area contributed by atoms with E-state index in [1.54, 1.807) is 0 Å². The van der Waals surface area contributed by atoms with E-state index in [4.69, 9.17) is 0 Å². The molecule has 0 bridgehead atoms. The standard InChI is InChI=1S/C3H9Si7/c1-6-9(4)10(5,7-2)8-3/h1-3H3. The number of hydrogen-bond acceptors (Lipinski definition) is 0. The van der Waals surface area contributed by atoms with E-state index in [2.05, 4.69) is 39.2 Å². The molecule has 0 aliphatic heterocycles. The Labute approximate surface area is 79.6 Å². The van der Waals surface area contributed by atoms with Gasteiger partial charge in [0, 0.05) is 60.1 Å². The summed E-state index contributed by atoms with van der Waals surface area (Å²) in [6.45, 7) is 7.02. The zero-order valence-corrected chi connectivity index (χ0v) is 13.5. The van der Waals surface area contributed by atoms with Crippen LogP contribution in [0.4, 0.5) is 0 Å². The monoisotopic (exact) mass is 241 g/mol. The summed E-state index contributed by atoms with van der Waals surface area (Å²) in [5, 5.41) is 0. The maximum absolute atomic E-state index is 4.03. The second kappa shape index (κ2) is 5.21. The van der Waals surface area contributed by atoms with Crippen molar-refractivity contribution in [3.8, 4) is 0 Å². The summed E-state index contributed by atoms with van der Waals surface area (Å²) in [7, 11) is 11.2. The molecule has 0 aromatic rings. The van der Waals surface area contributed by atoms with Gasteiger partial charge in [-0.1, -0.05) is 19.6 Å². The van der Waals surface area contributed by atoms with E-state index in [9.17, 15) is 0 Å². The normalized spacial score (nSPS) is 12.6. The average Bonchev–Trinajstić information content (AvgIpc) is 2.01. The van der Waals surface area contributed by atoms with Crippen molar-refractivity contribution in [2.24, 2.45) is 0 Å². The van der Waals surface area contributed by atoms with Crippen LogP contribution in [0.3, 0.4) is 0 Å². The van der Waals surface area contributed by atoms with Crippen LogP contribution in [0.25, 0.3) is 0 Å². The van der Waals surface area contributed by atoms with Crippen LogP contribution < -0.4 is 0 Å². The fraction of sp³-hybridized carbons (Fsp3) is 1.00. The summed E-state index contributed by atoms with van der Waals surface area (Å²) in [5.41, 5.74) is 0. The molecular formula is C3H9Si7. The highest BCUT2D eigenvalue weighted by molar-refractivity contribution is 7.98. The Bertz CT molecular complexity index is 88.9. The highest BCUT2D eigenvalue weighted by Gasteiger charge is 2.29. The average molecular weight is 242 g/mol. The van der Waals surface area contributed by atoms with Gasteiger partial charge in [0.1, 0.15) is 0 Å². The quantitative estimate of drug-likeness (QED) is 0.559. The maximum atomic E-state index is 4.03. The molecule has 13 radical (unpaired) electrons. The fourth-order valence-corrected chi connectivity index (χ4v) is 38.8. The van der Waals surface area contributed by atoms with Crippen molar-refractivity contribution in [1.29, 1.82) is 0 Å². The minimum absolute atomic E-state index is 0.157. The van der Waals surface area contributed by atoms with Crippen LogP contribution in [0.2, 0.25) is 19.6 Å². The molecule has 7 heteroatoms. The Kier molecular flexibility index (Phi) is 6.01. The van der Waals surface area contributed by atoms with Crippen LogP contribution >= 0.6 is 0 Å². The molecular weight excluding hydrogens is 233 g/mol. The molecule has 0 nitrogen and oxygen atoms in total. The second-order valence-electron chi connectivity index (χ2n) is 1.88. The van der Waals surface area contributed by atoms with Crippen molar-refractivity contribution in [2.75, 3.05) is 0 Å². The molecule has 0 saturated carbocycles. The number of rotatable bonds is 4. The van der Waals surface area contributed by atoms with E-state index >= 15 is 0 Å². The summed E-state index contributed by atoms with van der Waals surface area (Å²) in [6, 6.07) is 0. The van der Waals surface area contributed by atoms with Gasteiger partial charge in [0.2, 0.25) is 0 Å². The van der Waals surface area contributed by atoms with E-state index in [1.165, 1.54) is 0 Å². The van der Waals surface area contributed by atoms with Gasteiger partial charge in [0.25, 0.3) is 0 Å². The molecule has 0 rings (SSSR count). The second-order valence-corrected chi connectivity index (χ2v) is 37.1. The highest BCUT2D eigenvalue weighted by atomic mass is 30.3. The molecule has 10 heavy (non-hydrogen) atoms. The minimum Gasteiger partial charge on any atom is -0.0761 e. The summed E-state index contributed by atoms with van der Waals surface area (Å²) in [6.07, 6.45) is -0.912. The topological polar surface area (TPSA) is 0 Å². The van der Waals surface area contributed by atoms with Crippen molar-refractivity contribution < 1.29 is 0 Å². The molecule has 0 N–H and O–H groups in total. The third-order valence-corrected chi connectivity index (χ3v) is 57.4. The molecule has 0 atom stereocenters. The van der Waals surface area contributed by atoms with Gasteiger partial charge in [-0.05, 0) is 0 Å². The van der Waals surface area contributed by atoms with Gasteiger partial charge in [-0.3, -0.25) is 0 Å². The van der Waals surface area contributed by atoms with Crippen molar-refractivity contribution >= 4 is 60.1 Å². The Morgan fingerprint density at radius 1 is 1.20 bits per heavy atom. The largest absolute Gasteiger partial charge is 0.0761 e. The first kappa shape index (κ1) is 11.5. The minimum atomic E-state index is -0.912. The van der Waals surface area contributed by atoms with Crippen LogP contribution in [0.5, 0.6) is 0 Å². The molecule has 49 valence electrons. The van der Waals surface area contributed by atoms with Gasteiger partial charge in [-0.2, -0.15) is 0 Å². The van der Waals surface area contributed by atoms with Gasteiger partial charge in [-0.25, -0.2) is 0 Å². The molecule has 0 saturated heterocycles. The van der Waals surface area contributed by atoms with Gasteiger partial charge in [0.15, 0.2) is 0 Å². The lowest BCUT2D eigenvalue weighted by Crippen LogP contribution is -2.64. The summed E-state index contributed by atoms with van der Waals surface area (Å²) < 4.78 is 0. The first-order valence-electron chi connectivity index (χ1n) is 3.00. The zero-order valence-electron chi connectivity index (χ0n) is 6.50. The lowest BCUT2D eigenvalue weighted by atomic mass is 11.9. The lowest BCUT2D eigenvalue weighted by Gasteiger charge is -2.28. The SMILES string of the molecule is C[Si][Si]([Si])[Si]([Si])([Si]C)[Si]C. The van der Waals surface area contributed by atoms with Crippen molar-refractivity contribution in [2.45, 2.75) is 19.6 Å². The zero-order chi connectivity index (χ0) is 8.20. The first-order valence-corrected chi connectivity index (χ1v) is 18.0. The Morgan fingerprint density at radius 2 is 1.60 bits per heavy atom. The van der Waals surface area contributed by atoms with E-state index in [0.717, 1.165) is 27.1 Å². The highest BCUT2D eigenvalue weighted by Crippen LogP contribution is 1.95. The number of hydrogen-bond donors (Lipinski definition) is 0. The van der Waals surface area contributed by atoms with Gasteiger partial charge >= 0.3 is 0 Å². The molecule has 0 amide bonds. The molecule has 0 aromatic heterocycles. The maximum Gasteiger partial charge on any atom is 0.0148 e. The van der Waals surface area contributed by atoms with Gasteiger partial charge < -0.3 is 0 Å². The van der Waals surface area contributed by atoms with Crippen molar-refractivity contribution in [3.05, 3.63) is 0 Å². The summed E-state index contributed by atoms with van der Waals surface area (Å²) >= 11 is 0. The van der Waals surface area contributed by atoms with Crippen LogP contribution in [0.1, 0.15) is 0 Å². The first-order chi connectivity index (χ1) is 4.60. The summed E-state index contributed by atoms with van der Waals surface area (Å²) in [4.78, 5) is 0. The van der Waals surface area contributed by atoms with E-state index in [1.807, 2.05) is 0 Å². The van der Waals surface area contributed by atoms with Crippen molar-refractivity contribution in [1.82, 2.24) is 0 Å². The predicted molar refractivity (Wildman–Crippen MR) is 57.9 cm³/mol. The van der Waals surface area contributed by atoms with Crippen LogP contribution in [0.15, 0.2) is 0 Å². The van der Waals surface area contributed by atoms with Crippen LogP contribution in [-0.4, -0.2) is 60.1 Å². The lowest BCUT2D eigenvalue weighted by molar-refractivity contribution is 2.32. The van der Waals surface area contributed by atoms with E-state index in [0.29, 0.717) is 0 Å². The molecule has 0 unspecified atom stereocenters. The van der Waals surface area contributed by atoms with Crippen LogP contribution in [0, 0.1) is 0 Å². The molecule has 0 aromatic carbocycles. The molecule has 0 fully saturated rings. The third-order valence-electron chi connectivity index (χ3n) is 1.38. The Balaban J connectivity index is 4.02.